The Kier molecular flexibility index (Phi) is 5.34. The van der Waals surface area contributed by atoms with Crippen molar-refractivity contribution in [2.45, 2.75) is 83.2 Å². The monoisotopic (exact) mass is 476 g/mol. The minimum Gasteiger partial charge on any atom is -0.388 e. The Bertz CT molecular complexity index is 903. The van der Waals surface area contributed by atoms with Crippen molar-refractivity contribution in [3.05, 3.63) is 17.7 Å². The molecule has 0 aromatic carbocycles. The van der Waals surface area contributed by atoms with Gasteiger partial charge in [-0.3, -0.25) is 0 Å². The maximum atomic E-state index is 12.4. The standard InChI is InChI=1S/C26H40O6Si/c1-16-17-7-8-19-24-14-32-26(29,25(19,11-17)21(16)28)22(31-15-30-9-10-33(4,5)6)20(24)23(2,3)12-18(24)13-27/h17,19-22,28-29H,1,7-12,14-15H2,2-6H3/t17-,19+,20-,21-,22+,24+,25+,26+/m1/s1. The summed E-state index contributed by atoms with van der Waals surface area (Å²) >= 11 is 0. The Hall–Kier alpha value is -0.793. The summed E-state index contributed by atoms with van der Waals surface area (Å²) in [5, 5.41) is 23.9. The van der Waals surface area contributed by atoms with Gasteiger partial charge in [0.25, 0.3) is 0 Å². The Labute approximate surface area is 198 Å². The zero-order chi connectivity index (χ0) is 24.0. The molecule has 184 valence electrons. The molecule has 4 bridgehead atoms. The average molecular weight is 477 g/mol. The summed E-state index contributed by atoms with van der Waals surface area (Å²) in [4.78, 5) is 12.3. The van der Waals surface area contributed by atoms with Crippen LogP contribution in [0.2, 0.25) is 25.7 Å². The van der Waals surface area contributed by atoms with E-state index >= 15 is 0 Å². The van der Waals surface area contributed by atoms with Gasteiger partial charge < -0.3 is 24.4 Å². The number of hydrogen-bond donors (Lipinski definition) is 2. The van der Waals surface area contributed by atoms with E-state index in [0.29, 0.717) is 19.4 Å². The van der Waals surface area contributed by atoms with Crippen LogP contribution in [-0.4, -0.2) is 62.2 Å². The van der Waals surface area contributed by atoms with Crippen molar-refractivity contribution in [2.24, 2.45) is 34.0 Å². The van der Waals surface area contributed by atoms with Crippen molar-refractivity contribution < 1.29 is 29.2 Å². The maximum absolute atomic E-state index is 12.4. The molecule has 4 saturated carbocycles. The van der Waals surface area contributed by atoms with Gasteiger partial charge in [-0.2, -0.15) is 0 Å². The zero-order valence-electron chi connectivity index (χ0n) is 20.8. The third kappa shape index (κ3) is 2.94. The summed E-state index contributed by atoms with van der Waals surface area (Å²) in [5.74, 6) is 0.616. The predicted molar refractivity (Wildman–Crippen MR) is 127 cm³/mol. The van der Waals surface area contributed by atoms with E-state index in [1.54, 1.807) is 0 Å². The lowest BCUT2D eigenvalue weighted by Crippen LogP contribution is -2.80. The molecule has 2 spiro atoms. The van der Waals surface area contributed by atoms with E-state index in [2.05, 4.69) is 46.0 Å². The molecule has 0 unspecified atom stereocenters. The molecular weight excluding hydrogens is 436 g/mol. The van der Waals surface area contributed by atoms with Crippen molar-refractivity contribution in [3.63, 3.8) is 0 Å². The molecule has 6 rings (SSSR count). The Balaban J connectivity index is 1.56. The van der Waals surface area contributed by atoms with Gasteiger partial charge in [0.15, 0.2) is 0 Å². The molecule has 2 N–H and O–H groups in total. The van der Waals surface area contributed by atoms with Crippen molar-refractivity contribution in [3.8, 4) is 0 Å². The summed E-state index contributed by atoms with van der Waals surface area (Å²) < 4.78 is 18.6. The molecule has 6 aliphatic rings. The van der Waals surface area contributed by atoms with Crippen LogP contribution in [0.15, 0.2) is 17.7 Å². The molecule has 6 nitrogen and oxygen atoms in total. The highest BCUT2D eigenvalue weighted by Crippen LogP contribution is 2.79. The van der Waals surface area contributed by atoms with Crippen LogP contribution in [0.4, 0.5) is 0 Å². The second kappa shape index (κ2) is 7.36. The Morgan fingerprint density at radius 2 is 2.00 bits per heavy atom. The number of fused-ring (bicyclic) bond motifs is 2. The molecule has 4 aliphatic carbocycles. The largest absolute Gasteiger partial charge is 0.388 e. The predicted octanol–water partition coefficient (Wildman–Crippen LogP) is 3.54. The first-order valence-electron chi connectivity index (χ1n) is 12.5. The van der Waals surface area contributed by atoms with Crippen LogP contribution in [0, 0.1) is 34.0 Å². The zero-order valence-corrected chi connectivity index (χ0v) is 21.8. The van der Waals surface area contributed by atoms with E-state index < -0.39 is 36.9 Å². The van der Waals surface area contributed by atoms with E-state index in [9.17, 15) is 15.0 Å². The highest BCUT2D eigenvalue weighted by atomic mass is 28.3. The van der Waals surface area contributed by atoms with Crippen LogP contribution in [0.5, 0.6) is 0 Å². The smallest absolute Gasteiger partial charge is 0.201 e. The topological polar surface area (TPSA) is 85.2 Å². The van der Waals surface area contributed by atoms with Crippen LogP contribution >= 0.6 is 0 Å². The Morgan fingerprint density at radius 3 is 2.67 bits per heavy atom. The van der Waals surface area contributed by atoms with Crippen molar-refractivity contribution in [2.75, 3.05) is 20.0 Å². The van der Waals surface area contributed by atoms with Crippen molar-refractivity contribution >= 4 is 14.0 Å². The number of carbonyl (C=O) groups excluding carboxylic acids is 1. The average Bonchev–Trinajstić information content (AvgIpc) is 3.09. The first kappa shape index (κ1) is 23.9. The number of aliphatic hydroxyl groups excluding tert-OH is 1. The van der Waals surface area contributed by atoms with Gasteiger partial charge in [0.05, 0.1) is 18.1 Å². The normalized spacial score (nSPS) is 47.4. The Morgan fingerprint density at radius 1 is 1.27 bits per heavy atom. The molecule has 33 heavy (non-hydrogen) atoms. The van der Waals surface area contributed by atoms with Gasteiger partial charge in [0.1, 0.15) is 18.8 Å². The highest BCUT2D eigenvalue weighted by molar-refractivity contribution is 6.76. The van der Waals surface area contributed by atoms with Gasteiger partial charge in [0, 0.05) is 31.6 Å². The lowest BCUT2D eigenvalue weighted by Gasteiger charge is -2.71. The summed E-state index contributed by atoms with van der Waals surface area (Å²) in [5.41, 5.74) is -0.260. The first-order chi connectivity index (χ1) is 15.3. The van der Waals surface area contributed by atoms with E-state index in [1.165, 1.54) is 0 Å². The van der Waals surface area contributed by atoms with E-state index in [-0.39, 0.29) is 36.6 Å². The third-order valence-corrected chi connectivity index (χ3v) is 11.6. The minimum absolute atomic E-state index is 0.0603. The fourth-order valence-electron chi connectivity index (χ4n) is 8.59. The number of rotatable bonds is 6. The maximum Gasteiger partial charge on any atom is 0.201 e. The number of hydrogen-bond acceptors (Lipinski definition) is 6. The molecule has 0 aromatic rings. The third-order valence-electron chi connectivity index (χ3n) is 9.92. The summed E-state index contributed by atoms with van der Waals surface area (Å²) in [6, 6.07) is 1.03. The molecular formula is C26H40O6Si. The lowest BCUT2D eigenvalue weighted by molar-refractivity contribution is -0.448. The molecule has 2 aliphatic heterocycles. The minimum atomic E-state index is -1.65. The molecule has 0 radical (unpaired) electrons. The fourth-order valence-corrected chi connectivity index (χ4v) is 9.35. The molecule has 2 heterocycles. The summed E-state index contributed by atoms with van der Waals surface area (Å²) in [7, 11) is -1.23. The van der Waals surface area contributed by atoms with E-state index in [1.807, 2.05) is 0 Å². The van der Waals surface area contributed by atoms with Crippen LogP contribution in [0.1, 0.15) is 39.5 Å². The fraction of sp³-hybridized carbons (Fsp3) is 0.846. The van der Waals surface area contributed by atoms with Gasteiger partial charge in [-0.25, -0.2) is 4.79 Å². The first-order valence-corrected chi connectivity index (χ1v) is 16.2. The molecule has 0 amide bonds. The van der Waals surface area contributed by atoms with Gasteiger partial charge in [-0.15, -0.1) is 0 Å². The summed E-state index contributed by atoms with van der Waals surface area (Å²) in [6.07, 6.45) is 1.40. The van der Waals surface area contributed by atoms with Gasteiger partial charge in [-0.1, -0.05) is 40.1 Å². The molecule has 7 heteroatoms. The van der Waals surface area contributed by atoms with Crippen LogP contribution in [0.3, 0.4) is 0 Å². The molecule has 0 aromatic heterocycles. The summed E-state index contributed by atoms with van der Waals surface area (Å²) in [6.45, 7) is 16.4. The number of ether oxygens (including phenoxy) is 3. The molecule has 6 fully saturated rings. The SMILES string of the molecule is C=C1[C@@H]2CC[C@H]3[C@@]45CO[C@@](O)([C@@H](OCOCC[Si](C)(C)C)[C@@H]4C(C)(C)CC5=C=O)[C@]3(C2)[C@@H]1O. The van der Waals surface area contributed by atoms with E-state index in [0.717, 1.165) is 30.0 Å². The van der Waals surface area contributed by atoms with Gasteiger partial charge >= 0.3 is 0 Å². The van der Waals surface area contributed by atoms with Crippen molar-refractivity contribution in [1.29, 1.82) is 0 Å². The second-order valence-electron chi connectivity index (χ2n) is 13.2. The second-order valence-corrected chi connectivity index (χ2v) is 18.8. The molecule has 2 saturated heterocycles. The highest BCUT2D eigenvalue weighted by Gasteiger charge is 2.85. The van der Waals surface area contributed by atoms with Crippen LogP contribution in [0.25, 0.3) is 0 Å². The van der Waals surface area contributed by atoms with Gasteiger partial charge in [0.2, 0.25) is 5.79 Å². The quantitative estimate of drug-likeness (QED) is 0.201. The lowest BCUT2D eigenvalue weighted by atomic mass is 9.41. The van der Waals surface area contributed by atoms with E-state index in [4.69, 9.17) is 14.2 Å². The number of aliphatic hydroxyl groups is 2. The van der Waals surface area contributed by atoms with Gasteiger partial charge in [-0.05, 0) is 54.6 Å². The van der Waals surface area contributed by atoms with Crippen LogP contribution < -0.4 is 0 Å². The molecule has 8 atom stereocenters. The van der Waals surface area contributed by atoms with Crippen molar-refractivity contribution in [1.82, 2.24) is 0 Å². The van der Waals surface area contributed by atoms with Crippen LogP contribution in [-0.2, 0) is 19.0 Å².